The van der Waals surface area contributed by atoms with Gasteiger partial charge >= 0.3 is 0 Å². The van der Waals surface area contributed by atoms with Gasteiger partial charge in [-0.2, -0.15) is 14.9 Å². The summed E-state index contributed by atoms with van der Waals surface area (Å²) >= 11 is 5.31. The summed E-state index contributed by atoms with van der Waals surface area (Å²) in [4.78, 5) is 2.27. The number of benzene rings is 2. The van der Waals surface area contributed by atoms with Gasteiger partial charge in [0.25, 0.3) is 0 Å². The lowest BCUT2D eigenvalue weighted by Gasteiger charge is -2.20. The molecule has 0 fully saturated rings. The number of nitrogens with zero attached hydrogens (tertiary/aromatic N) is 4. The van der Waals surface area contributed by atoms with Crippen molar-refractivity contribution in [3.63, 3.8) is 0 Å². The minimum Gasteiger partial charge on any atom is -0.504 e. The number of aromatic hydroxyl groups is 1. The Morgan fingerprint density at radius 3 is 2.57 bits per heavy atom. The van der Waals surface area contributed by atoms with Crippen LogP contribution in [-0.4, -0.2) is 46.4 Å². The second-order valence-corrected chi connectivity index (χ2v) is 6.41. The van der Waals surface area contributed by atoms with Gasteiger partial charge in [-0.15, -0.1) is 0 Å². The van der Waals surface area contributed by atoms with E-state index in [9.17, 15) is 5.11 Å². The Labute approximate surface area is 168 Å². The number of aromatic nitrogens is 3. The van der Waals surface area contributed by atoms with Crippen LogP contribution >= 0.6 is 12.2 Å². The van der Waals surface area contributed by atoms with Gasteiger partial charge in [0.1, 0.15) is 0 Å². The number of methoxy groups -OCH3 is 1. The molecular formula is C20H23N5O2S. The summed E-state index contributed by atoms with van der Waals surface area (Å²) in [5.74, 6) is 0.996. The van der Waals surface area contributed by atoms with Gasteiger partial charge in [-0.25, -0.2) is 5.10 Å². The molecule has 0 unspecified atom stereocenters. The van der Waals surface area contributed by atoms with Gasteiger partial charge in [0.05, 0.1) is 13.3 Å². The molecule has 0 saturated heterocycles. The quantitative estimate of drug-likeness (QED) is 0.464. The highest BCUT2D eigenvalue weighted by Crippen LogP contribution is 2.28. The van der Waals surface area contributed by atoms with Crippen molar-refractivity contribution in [2.45, 2.75) is 13.8 Å². The Kier molecular flexibility index (Phi) is 6.10. The van der Waals surface area contributed by atoms with E-state index in [1.54, 1.807) is 18.2 Å². The van der Waals surface area contributed by atoms with Crippen molar-refractivity contribution in [2.75, 3.05) is 25.1 Å². The molecular weight excluding hydrogens is 374 g/mol. The summed E-state index contributed by atoms with van der Waals surface area (Å²) in [6.07, 6.45) is 1.52. The minimum atomic E-state index is 0.0221. The van der Waals surface area contributed by atoms with E-state index in [2.05, 4.69) is 46.2 Å². The lowest BCUT2D eigenvalue weighted by atomic mass is 10.2. The number of hydrogen-bond donors (Lipinski definition) is 2. The summed E-state index contributed by atoms with van der Waals surface area (Å²) in [6.45, 7) is 6.16. The molecule has 2 N–H and O–H groups in total. The number of aromatic amines is 1. The second-order valence-electron chi connectivity index (χ2n) is 6.03. The van der Waals surface area contributed by atoms with Gasteiger partial charge in [0, 0.05) is 29.9 Å². The van der Waals surface area contributed by atoms with Crippen molar-refractivity contribution in [2.24, 2.45) is 5.10 Å². The summed E-state index contributed by atoms with van der Waals surface area (Å²) < 4.78 is 7.02. The fourth-order valence-electron chi connectivity index (χ4n) is 2.92. The van der Waals surface area contributed by atoms with Crippen LogP contribution in [0.5, 0.6) is 11.5 Å². The third-order valence-electron chi connectivity index (χ3n) is 4.47. The smallest absolute Gasteiger partial charge is 0.216 e. The molecule has 0 spiro atoms. The fourth-order valence-corrected chi connectivity index (χ4v) is 3.10. The third kappa shape index (κ3) is 3.91. The Morgan fingerprint density at radius 1 is 1.21 bits per heavy atom. The number of phenols is 1. The molecule has 0 atom stereocenters. The molecule has 0 aliphatic carbocycles. The van der Waals surface area contributed by atoms with E-state index in [1.165, 1.54) is 18.0 Å². The van der Waals surface area contributed by atoms with Crippen LogP contribution in [0.4, 0.5) is 5.69 Å². The Balaban J connectivity index is 1.94. The first-order chi connectivity index (χ1) is 13.6. The number of hydrogen-bond acceptors (Lipinski definition) is 6. The zero-order valence-electron chi connectivity index (χ0n) is 16.1. The van der Waals surface area contributed by atoms with Gasteiger partial charge in [0.15, 0.2) is 17.3 Å². The maximum atomic E-state index is 10.2. The van der Waals surface area contributed by atoms with E-state index in [4.69, 9.17) is 17.0 Å². The molecule has 1 heterocycles. The van der Waals surface area contributed by atoms with Crippen molar-refractivity contribution in [1.29, 1.82) is 0 Å². The van der Waals surface area contributed by atoms with E-state index in [0.29, 0.717) is 21.9 Å². The highest BCUT2D eigenvalue weighted by atomic mass is 32.1. The first kappa shape index (κ1) is 19.6. The third-order valence-corrected chi connectivity index (χ3v) is 4.73. The first-order valence-corrected chi connectivity index (χ1v) is 9.43. The lowest BCUT2D eigenvalue weighted by molar-refractivity contribution is 0.373. The number of H-pyrrole nitrogens is 1. The van der Waals surface area contributed by atoms with Crippen LogP contribution < -0.4 is 9.64 Å². The first-order valence-electron chi connectivity index (χ1n) is 9.02. The van der Waals surface area contributed by atoms with Crippen molar-refractivity contribution < 1.29 is 9.84 Å². The lowest BCUT2D eigenvalue weighted by Crippen LogP contribution is -2.21. The van der Waals surface area contributed by atoms with Crippen LogP contribution in [0.25, 0.3) is 11.4 Å². The number of anilines is 1. The molecule has 0 bridgehead atoms. The molecule has 3 rings (SSSR count). The fraction of sp³-hybridized carbons (Fsp3) is 0.250. The monoisotopic (exact) mass is 397 g/mol. The van der Waals surface area contributed by atoms with Crippen molar-refractivity contribution >= 4 is 24.1 Å². The topological polar surface area (TPSA) is 78.7 Å². The average Bonchev–Trinajstić information content (AvgIpc) is 3.09. The van der Waals surface area contributed by atoms with E-state index in [1.807, 2.05) is 12.1 Å². The molecule has 0 radical (unpaired) electrons. The molecule has 1 aromatic heterocycles. The maximum absolute atomic E-state index is 10.2. The number of phenolic OH excluding ortho intramolecular Hbond substituents is 1. The number of nitrogens with one attached hydrogen (secondary N) is 1. The van der Waals surface area contributed by atoms with Gasteiger partial charge in [0.2, 0.25) is 4.77 Å². The Hall–Kier alpha value is -3.13. The van der Waals surface area contributed by atoms with E-state index >= 15 is 0 Å². The zero-order chi connectivity index (χ0) is 20.1. The van der Waals surface area contributed by atoms with Crippen LogP contribution in [0.2, 0.25) is 0 Å². The largest absolute Gasteiger partial charge is 0.504 e. The molecule has 146 valence electrons. The van der Waals surface area contributed by atoms with Crippen LogP contribution in [0.15, 0.2) is 47.6 Å². The van der Waals surface area contributed by atoms with Crippen LogP contribution in [-0.2, 0) is 0 Å². The molecule has 3 aromatic rings. The predicted octanol–water partition coefficient (Wildman–Crippen LogP) is 4.05. The molecule has 8 heteroatoms. The van der Waals surface area contributed by atoms with E-state index < -0.39 is 0 Å². The summed E-state index contributed by atoms with van der Waals surface area (Å²) in [6, 6.07) is 13.3. The van der Waals surface area contributed by atoms with E-state index in [0.717, 1.165) is 24.3 Å². The van der Waals surface area contributed by atoms with Crippen LogP contribution in [0.1, 0.15) is 19.4 Å². The molecule has 2 aromatic carbocycles. The molecule has 28 heavy (non-hydrogen) atoms. The van der Waals surface area contributed by atoms with Gasteiger partial charge in [-0.05, 0) is 62.5 Å². The second kappa shape index (κ2) is 8.71. The Bertz CT molecular complexity index is 1020. The standard InChI is InChI=1S/C20H23N5O2S/c1-4-24(5-2)16-11-9-14(10-12-16)19-22-23-20(28)25(19)21-13-15-7-6-8-17(27-3)18(15)26/h6-13,26H,4-5H2,1-3H3,(H,23,28). The molecule has 0 amide bonds. The van der Waals surface area contributed by atoms with Crippen LogP contribution in [0, 0.1) is 4.77 Å². The molecule has 0 saturated carbocycles. The maximum Gasteiger partial charge on any atom is 0.216 e. The van der Waals surface area contributed by atoms with Crippen molar-refractivity contribution in [3.05, 3.63) is 52.8 Å². The Morgan fingerprint density at radius 2 is 1.93 bits per heavy atom. The van der Waals surface area contributed by atoms with Crippen molar-refractivity contribution in [1.82, 2.24) is 14.9 Å². The van der Waals surface area contributed by atoms with Gasteiger partial charge in [-0.3, -0.25) is 0 Å². The van der Waals surface area contributed by atoms with Gasteiger partial charge in [-0.1, -0.05) is 6.07 Å². The summed E-state index contributed by atoms with van der Waals surface area (Å²) in [7, 11) is 1.50. The summed E-state index contributed by atoms with van der Waals surface area (Å²) in [5, 5.41) is 21.7. The van der Waals surface area contributed by atoms with Crippen molar-refractivity contribution in [3.8, 4) is 22.9 Å². The SMILES string of the molecule is CCN(CC)c1ccc(-c2n[nH]c(=S)n2N=Cc2cccc(OC)c2O)cc1. The highest BCUT2D eigenvalue weighted by molar-refractivity contribution is 7.71. The molecule has 0 aliphatic rings. The van der Waals surface area contributed by atoms with Gasteiger partial charge < -0.3 is 14.7 Å². The normalized spacial score (nSPS) is 11.1. The van der Waals surface area contributed by atoms with Crippen LogP contribution in [0.3, 0.4) is 0 Å². The summed E-state index contributed by atoms with van der Waals surface area (Å²) in [5.41, 5.74) is 2.56. The van der Waals surface area contributed by atoms with E-state index in [-0.39, 0.29) is 5.75 Å². The molecule has 7 nitrogen and oxygen atoms in total. The minimum absolute atomic E-state index is 0.0221. The average molecular weight is 398 g/mol. The highest BCUT2D eigenvalue weighted by Gasteiger charge is 2.10. The number of para-hydroxylation sites is 1. The zero-order valence-corrected chi connectivity index (χ0v) is 16.9. The molecule has 0 aliphatic heterocycles. The number of ether oxygens (including phenoxy) is 1. The number of rotatable bonds is 7. The predicted molar refractivity (Wildman–Crippen MR) is 114 cm³/mol.